The van der Waals surface area contributed by atoms with Crippen LogP contribution in [-0.2, 0) is 0 Å². The number of thiophene rings is 1. The first-order valence-electron chi connectivity index (χ1n) is 6.16. The Bertz CT molecular complexity index is 639. The zero-order valence-electron chi connectivity index (χ0n) is 11.2. The lowest BCUT2D eigenvalue weighted by atomic mass is 10.2. The summed E-state index contributed by atoms with van der Waals surface area (Å²) in [6.07, 6.45) is 0. The molecule has 0 spiro atoms. The van der Waals surface area contributed by atoms with Crippen LogP contribution >= 0.6 is 23.1 Å². The number of anilines is 1. The number of benzene rings is 1. The molecule has 2 rings (SSSR count). The first-order valence-corrected chi connectivity index (χ1v) is 7.91. The van der Waals surface area contributed by atoms with Gasteiger partial charge in [-0.15, -0.1) is 23.1 Å². The fourth-order valence-electron chi connectivity index (χ4n) is 1.63. The van der Waals surface area contributed by atoms with E-state index >= 15 is 0 Å². The van der Waals surface area contributed by atoms with E-state index in [1.54, 1.807) is 35.3 Å². The second-order valence-corrected chi connectivity index (χ2v) is 6.99. The van der Waals surface area contributed by atoms with Crippen LogP contribution < -0.4 is 5.32 Å². The smallest absolute Gasteiger partial charge is 0.256 e. The van der Waals surface area contributed by atoms with Crippen LogP contribution in [0.5, 0.6) is 0 Å². The van der Waals surface area contributed by atoms with E-state index in [2.05, 4.69) is 25.2 Å². The molecular formula is C15H14N2OS2. The van der Waals surface area contributed by atoms with Crippen LogP contribution in [0, 0.1) is 11.3 Å². The van der Waals surface area contributed by atoms with E-state index in [4.69, 9.17) is 5.26 Å². The van der Waals surface area contributed by atoms with Gasteiger partial charge >= 0.3 is 0 Å². The minimum absolute atomic E-state index is 0.190. The van der Waals surface area contributed by atoms with Crippen LogP contribution in [0.3, 0.4) is 0 Å². The summed E-state index contributed by atoms with van der Waals surface area (Å²) in [6.45, 7) is 4.26. The summed E-state index contributed by atoms with van der Waals surface area (Å²) in [5.74, 6) is -0.190. The summed E-state index contributed by atoms with van der Waals surface area (Å²) >= 11 is 3.11. The third-order valence-electron chi connectivity index (χ3n) is 2.50. The first kappa shape index (κ1) is 14.6. The molecule has 0 fully saturated rings. The monoisotopic (exact) mass is 302 g/mol. The van der Waals surface area contributed by atoms with Crippen molar-refractivity contribution in [2.24, 2.45) is 0 Å². The Morgan fingerprint density at radius 2 is 2.00 bits per heavy atom. The van der Waals surface area contributed by atoms with Crippen molar-refractivity contribution >= 4 is 34.0 Å². The Labute approximate surface area is 126 Å². The van der Waals surface area contributed by atoms with E-state index in [-0.39, 0.29) is 5.91 Å². The topological polar surface area (TPSA) is 52.9 Å². The van der Waals surface area contributed by atoms with Crippen LogP contribution in [0.4, 0.5) is 5.00 Å². The van der Waals surface area contributed by atoms with Crippen LogP contribution in [0.25, 0.3) is 0 Å². The molecule has 5 heteroatoms. The van der Waals surface area contributed by atoms with E-state index in [9.17, 15) is 4.79 Å². The van der Waals surface area contributed by atoms with Crippen LogP contribution in [-0.4, -0.2) is 11.2 Å². The van der Waals surface area contributed by atoms with Gasteiger partial charge in [0, 0.05) is 15.7 Å². The molecule has 0 aliphatic heterocycles. The maximum atomic E-state index is 12.1. The Kier molecular flexibility index (Phi) is 4.83. The van der Waals surface area contributed by atoms with Crippen molar-refractivity contribution in [2.45, 2.75) is 24.0 Å². The molecule has 0 saturated carbocycles. The van der Waals surface area contributed by atoms with Gasteiger partial charge in [0.15, 0.2) is 0 Å². The zero-order valence-corrected chi connectivity index (χ0v) is 12.8. The molecule has 0 aliphatic carbocycles. The number of hydrogen-bond donors (Lipinski definition) is 1. The molecule has 1 aromatic carbocycles. The highest BCUT2D eigenvalue weighted by molar-refractivity contribution is 7.99. The minimum atomic E-state index is -0.190. The summed E-state index contributed by atoms with van der Waals surface area (Å²) in [7, 11) is 0. The fourth-order valence-corrected chi connectivity index (χ4v) is 3.20. The molecule has 0 aliphatic rings. The molecule has 0 saturated heterocycles. The number of amides is 1. The lowest BCUT2D eigenvalue weighted by molar-refractivity contribution is 0.102. The standard InChI is InChI=1S/C15H14N2OS2/c1-10(2)20-13-5-3-11(4-6-13)14(18)17-15-12(9-16)7-8-19-15/h3-8,10H,1-2H3,(H,17,18). The lowest BCUT2D eigenvalue weighted by Gasteiger charge is -2.06. The number of nitrogens with one attached hydrogen (secondary N) is 1. The fraction of sp³-hybridized carbons (Fsp3) is 0.200. The highest BCUT2D eigenvalue weighted by Crippen LogP contribution is 2.25. The average Bonchev–Trinajstić information content (AvgIpc) is 2.86. The predicted octanol–water partition coefficient (Wildman–Crippen LogP) is 4.37. The Balaban J connectivity index is 2.08. The van der Waals surface area contributed by atoms with E-state index in [1.165, 1.54) is 11.3 Å². The van der Waals surface area contributed by atoms with Gasteiger partial charge in [-0.25, -0.2) is 0 Å². The van der Waals surface area contributed by atoms with Gasteiger partial charge in [0.05, 0.1) is 5.56 Å². The number of nitriles is 1. The minimum Gasteiger partial charge on any atom is -0.312 e. The highest BCUT2D eigenvalue weighted by atomic mass is 32.2. The van der Waals surface area contributed by atoms with Crippen molar-refractivity contribution in [2.75, 3.05) is 5.32 Å². The molecule has 1 aromatic heterocycles. The van der Waals surface area contributed by atoms with Gasteiger partial charge in [0.1, 0.15) is 11.1 Å². The first-order chi connectivity index (χ1) is 9.60. The molecule has 0 atom stereocenters. The molecule has 0 radical (unpaired) electrons. The Morgan fingerprint density at radius 3 is 2.60 bits per heavy atom. The quantitative estimate of drug-likeness (QED) is 0.853. The van der Waals surface area contributed by atoms with Crippen molar-refractivity contribution in [3.63, 3.8) is 0 Å². The summed E-state index contributed by atoms with van der Waals surface area (Å²) in [5, 5.41) is 14.6. The van der Waals surface area contributed by atoms with Crippen molar-refractivity contribution in [3.05, 3.63) is 46.8 Å². The van der Waals surface area contributed by atoms with Crippen LogP contribution in [0.1, 0.15) is 29.8 Å². The molecule has 2 aromatic rings. The third-order valence-corrected chi connectivity index (χ3v) is 4.35. The number of carbonyl (C=O) groups excluding carboxylic acids is 1. The van der Waals surface area contributed by atoms with E-state index in [0.29, 0.717) is 21.4 Å². The molecular weight excluding hydrogens is 288 g/mol. The molecule has 0 bridgehead atoms. The Hall–Kier alpha value is -1.77. The molecule has 1 amide bonds. The second kappa shape index (κ2) is 6.60. The second-order valence-electron chi connectivity index (χ2n) is 4.42. The van der Waals surface area contributed by atoms with Gasteiger partial charge in [0.2, 0.25) is 0 Å². The molecule has 3 nitrogen and oxygen atoms in total. The van der Waals surface area contributed by atoms with Crippen LogP contribution in [0.2, 0.25) is 0 Å². The summed E-state index contributed by atoms with van der Waals surface area (Å²) < 4.78 is 0. The zero-order chi connectivity index (χ0) is 14.5. The van der Waals surface area contributed by atoms with Crippen molar-refractivity contribution < 1.29 is 4.79 Å². The van der Waals surface area contributed by atoms with Gasteiger partial charge in [-0.2, -0.15) is 5.26 Å². The maximum absolute atomic E-state index is 12.1. The number of hydrogen-bond acceptors (Lipinski definition) is 4. The molecule has 1 N–H and O–H groups in total. The summed E-state index contributed by atoms with van der Waals surface area (Å²) in [4.78, 5) is 13.2. The normalized spacial score (nSPS) is 10.3. The SMILES string of the molecule is CC(C)Sc1ccc(C(=O)Nc2sccc2C#N)cc1. The highest BCUT2D eigenvalue weighted by Gasteiger charge is 2.10. The largest absolute Gasteiger partial charge is 0.312 e. The van der Waals surface area contributed by atoms with Crippen molar-refractivity contribution in [1.29, 1.82) is 5.26 Å². The lowest BCUT2D eigenvalue weighted by Crippen LogP contribution is -2.11. The predicted molar refractivity (Wildman–Crippen MR) is 84.4 cm³/mol. The molecule has 0 unspecified atom stereocenters. The van der Waals surface area contributed by atoms with Gasteiger partial charge < -0.3 is 5.32 Å². The van der Waals surface area contributed by atoms with E-state index < -0.39 is 0 Å². The number of thioether (sulfide) groups is 1. The number of nitrogens with zero attached hydrogens (tertiary/aromatic N) is 1. The maximum Gasteiger partial charge on any atom is 0.256 e. The molecule has 102 valence electrons. The number of carbonyl (C=O) groups is 1. The third kappa shape index (κ3) is 3.62. The Morgan fingerprint density at radius 1 is 1.30 bits per heavy atom. The van der Waals surface area contributed by atoms with Crippen molar-refractivity contribution in [1.82, 2.24) is 0 Å². The van der Waals surface area contributed by atoms with Crippen LogP contribution in [0.15, 0.2) is 40.6 Å². The molecule has 1 heterocycles. The van der Waals surface area contributed by atoms with Gasteiger partial charge in [-0.05, 0) is 35.7 Å². The molecule has 20 heavy (non-hydrogen) atoms. The average molecular weight is 302 g/mol. The van der Waals surface area contributed by atoms with Gasteiger partial charge in [0.25, 0.3) is 5.91 Å². The van der Waals surface area contributed by atoms with Crippen molar-refractivity contribution in [3.8, 4) is 6.07 Å². The van der Waals surface area contributed by atoms with Gasteiger partial charge in [-0.3, -0.25) is 4.79 Å². The summed E-state index contributed by atoms with van der Waals surface area (Å²) in [6, 6.07) is 11.3. The number of rotatable bonds is 4. The summed E-state index contributed by atoms with van der Waals surface area (Å²) in [5.41, 5.74) is 1.09. The van der Waals surface area contributed by atoms with E-state index in [1.807, 2.05) is 12.1 Å². The van der Waals surface area contributed by atoms with E-state index in [0.717, 1.165) is 4.90 Å². The van der Waals surface area contributed by atoms with Gasteiger partial charge in [-0.1, -0.05) is 13.8 Å².